The number of ether oxygens (including phenoxy) is 2. The molecule has 36 heavy (non-hydrogen) atoms. The van der Waals surface area contributed by atoms with Gasteiger partial charge in [-0.1, -0.05) is 18.2 Å². The molecule has 10 heteroatoms. The number of carbonyl (C=O) groups excluding carboxylic acids is 1. The van der Waals surface area contributed by atoms with Crippen LogP contribution in [0.15, 0.2) is 42.6 Å². The average Bonchev–Trinajstić information content (AvgIpc) is 3.27. The molecule has 0 fully saturated rings. The van der Waals surface area contributed by atoms with Gasteiger partial charge in [-0.2, -0.15) is 4.98 Å². The maximum atomic E-state index is 14.0. The highest BCUT2D eigenvalue weighted by molar-refractivity contribution is 5.87. The largest absolute Gasteiger partial charge is 0.495 e. The SMILES string of the molecule is COC(=O)C1CN(c2nc(Nc3cc4c(cc3OC)CCN(C)C4)ncc2C(F)F)c2ccccc21. The fourth-order valence-electron chi connectivity index (χ4n) is 4.88. The van der Waals surface area contributed by atoms with Crippen LogP contribution in [0.5, 0.6) is 5.75 Å². The van der Waals surface area contributed by atoms with Crippen molar-refractivity contribution in [1.82, 2.24) is 14.9 Å². The Bertz CT molecular complexity index is 1300. The lowest BCUT2D eigenvalue weighted by molar-refractivity contribution is -0.142. The number of alkyl halides is 2. The molecule has 0 spiro atoms. The minimum absolute atomic E-state index is 0.0398. The predicted octanol–water partition coefficient (Wildman–Crippen LogP) is 4.56. The van der Waals surface area contributed by atoms with Crippen LogP contribution in [0.2, 0.25) is 0 Å². The molecule has 0 aliphatic carbocycles. The molecule has 5 rings (SSSR count). The van der Waals surface area contributed by atoms with Gasteiger partial charge >= 0.3 is 5.97 Å². The maximum Gasteiger partial charge on any atom is 0.315 e. The number of carbonyl (C=O) groups is 1. The summed E-state index contributed by atoms with van der Waals surface area (Å²) in [6.07, 6.45) is -0.753. The van der Waals surface area contributed by atoms with Crippen molar-refractivity contribution >= 4 is 29.1 Å². The molecule has 188 valence electrons. The van der Waals surface area contributed by atoms with Crippen LogP contribution in [0.25, 0.3) is 0 Å². The molecule has 0 saturated carbocycles. The third-order valence-electron chi connectivity index (χ3n) is 6.71. The van der Waals surface area contributed by atoms with E-state index in [4.69, 9.17) is 9.47 Å². The van der Waals surface area contributed by atoms with Crippen LogP contribution >= 0.6 is 0 Å². The summed E-state index contributed by atoms with van der Waals surface area (Å²) in [6, 6.07) is 11.2. The molecule has 8 nitrogen and oxygen atoms in total. The van der Waals surface area contributed by atoms with Gasteiger partial charge in [-0.15, -0.1) is 0 Å². The number of likely N-dealkylation sites (N-methyl/N-ethyl adjacent to an activating group) is 1. The van der Waals surface area contributed by atoms with Crippen molar-refractivity contribution in [2.45, 2.75) is 25.3 Å². The smallest absolute Gasteiger partial charge is 0.315 e. The zero-order valence-corrected chi connectivity index (χ0v) is 20.3. The number of nitrogens with zero attached hydrogens (tertiary/aromatic N) is 4. The number of para-hydroxylation sites is 1. The lowest BCUT2D eigenvalue weighted by Crippen LogP contribution is -2.26. The van der Waals surface area contributed by atoms with E-state index in [2.05, 4.69) is 27.2 Å². The minimum Gasteiger partial charge on any atom is -0.495 e. The summed E-state index contributed by atoms with van der Waals surface area (Å²) in [5.74, 6) is -0.229. The van der Waals surface area contributed by atoms with Gasteiger partial charge in [0.05, 0.1) is 25.5 Å². The summed E-state index contributed by atoms with van der Waals surface area (Å²) in [4.78, 5) is 25.0. The molecule has 1 aromatic heterocycles. The first-order valence-electron chi connectivity index (χ1n) is 11.6. The second-order valence-corrected chi connectivity index (χ2v) is 8.95. The van der Waals surface area contributed by atoms with Crippen LogP contribution in [0.3, 0.4) is 0 Å². The molecule has 2 aliphatic heterocycles. The Morgan fingerprint density at radius 3 is 2.75 bits per heavy atom. The zero-order chi connectivity index (χ0) is 25.4. The highest BCUT2D eigenvalue weighted by Crippen LogP contribution is 2.43. The molecule has 3 aromatic rings. The molecule has 2 aromatic carbocycles. The van der Waals surface area contributed by atoms with Crippen molar-refractivity contribution in [1.29, 1.82) is 0 Å². The summed E-state index contributed by atoms with van der Waals surface area (Å²) in [5.41, 5.74) is 4.04. The second kappa shape index (κ2) is 9.69. The number of benzene rings is 2. The van der Waals surface area contributed by atoms with Crippen LogP contribution in [-0.2, 0) is 22.5 Å². The van der Waals surface area contributed by atoms with Gasteiger partial charge in [0.25, 0.3) is 6.43 Å². The van der Waals surface area contributed by atoms with E-state index in [1.54, 1.807) is 36.3 Å². The van der Waals surface area contributed by atoms with E-state index in [1.807, 2.05) is 12.1 Å². The molecule has 0 saturated heterocycles. The molecule has 1 N–H and O–H groups in total. The Balaban J connectivity index is 1.54. The van der Waals surface area contributed by atoms with E-state index in [-0.39, 0.29) is 23.9 Å². The Labute approximate surface area is 207 Å². The fraction of sp³-hybridized carbons (Fsp3) is 0.346. The van der Waals surface area contributed by atoms with Gasteiger partial charge in [0.1, 0.15) is 17.5 Å². The Kier molecular flexibility index (Phi) is 6.44. The number of halogens is 2. The van der Waals surface area contributed by atoms with Crippen LogP contribution in [0, 0.1) is 0 Å². The lowest BCUT2D eigenvalue weighted by atomic mass is 9.99. The first-order valence-corrected chi connectivity index (χ1v) is 11.6. The number of methoxy groups -OCH3 is 2. The fourth-order valence-corrected chi connectivity index (χ4v) is 4.88. The molecule has 0 amide bonds. The maximum absolute atomic E-state index is 14.0. The molecule has 2 aliphatic rings. The van der Waals surface area contributed by atoms with E-state index < -0.39 is 18.3 Å². The van der Waals surface area contributed by atoms with Crippen molar-refractivity contribution in [3.8, 4) is 5.75 Å². The highest BCUT2D eigenvalue weighted by Gasteiger charge is 2.37. The third kappa shape index (κ3) is 4.32. The molecule has 3 heterocycles. The number of esters is 1. The standard InChI is InChI=1S/C26H27F2N5O3/c1-32-9-8-15-11-22(35-2)20(10-16(15)13-32)30-26-29-12-18(23(27)28)24(31-26)33-14-19(25(34)36-3)17-6-4-5-7-21(17)33/h4-7,10-12,19,23H,8-9,13-14H2,1-3H3,(H,29,30,31). The van der Waals surface area contributed by atoms with Crippen molar-refractivity contribution in [3.05, 3.63) is 64.8 Å². The Morgan fingerprint density at radius 1 is 1.19 bits per heavy atom. The topological polar surface area (TPSA) is 79.8 Å². The molecule has 0 bridgehead atoms. The van der Waals surface area contributed by atoms with Gasteiger partial charge in [0.2, 0.25) is 5.95 Å². The van der Waals surface area contributed by atoms with E-state index >= 15 is 0 Å². The van der Waals surface area contributed by atoms with Crippen LogP contribution < -0.4 is 15.0 Å². The Hall–Kier alpha value is -3.79. The van der Waals surface area contributed by atoms with Crippen LogP contribution in [0.4, 0.5) is 31.9 Å². The van der Waals surface area contributed by atoms with Crippen molar-refractivity contribution in [2.24, 2.45) is 0 Å². The number of aromatic nitrogens is 2. The lowest BCUT2D eigenvalue weighted by Gasteiger charge is -2.26. The normalized spacial score (nSPS) is 17.1. The summed E-state index contributed by atoms with van der Waals surface area (Å²) >= 11 is 0. The molecule has 1 atom stereocenters. The second-order valence-electron chi connectivity index (χ2n) is 8.95. The summed E-state index contributed by atoms with van der Waals surface area (Å²) < 4.78 is 38.6. The van der Waals surface area contributed by atoms with E-state index in [9.17, 15) is 13.6 Å². The zero-order valence-electron chi connectivity index (χ0n) is 20.3. The van der Waals surface area contributed by atoms with Crippen molar-refractivity contribution < 1.29 is 23.0 Å². The van der Waals surface area contributed by atoms with Gasteiger partial charge in [-0.05, 0) is 48.4 Å². The van der Waals surface area contributed by atoms with E-state index in [1.165, 1.54) is 12.7 Å². The summed E-state index contributed by atoms with van der Waals surface area (Å²) in [5, 5.41) is 3.16. The summed E-state index contributed by atoms with van der Waals surface area (Å²) in [7, 11) is 4.96. The number of rotatable bonds is 6. The Morgan fingerprint density at radius 2 is 2.00 bits per heavy atom. The van der Waals surface area contributed by atoms with Gasteiger partial charge in [-0.3, -0.25) is 4.79 Å². The number of fused-ring (bicyclic) bond motifs is 2. The van der Waals surface area contributed by atoms with Crippen molar-refractivity contribution in [3.63, 3.8) is 0 Å². The number of hydrogen-bond donors (Lipinski definition) is 1. The first kappa shape index (κ1) is 23.9. The quantitative estimate of drug-likeness (QED) is 0.499. The number of hydrogen-bond acceptors (Lipinski definition) is 8. The summed E-state index contributed by atoms with van der Waals surface area (Å²) in [6.45, 7) is 1.90. The van der Waals surface area contributed by atoms with Gasteiger partial charge in [0.15, 0.2) is 0 Å². The van der Waals surface area contributed by atoms with Gasteiger partial charge in [-0.25, -0.2) is 13.8 Å². The molecular weight excluding hydrogens is 468 g/mol. The minimum atomic E-state index is -2.80. The number of nitrogens with one attached hydrogen (secondary N) is 1. The third-order valence-corrected chi connectivity index (χ3v) is 6.71. The van der Waals surface area contributed by atoms with E-state index in [0.29, 0.717) is 22.7 Å². The van der Waals surface area contributed by atoms with Gasteiger partial charge in [0, 0.05) is 31.5 Å². The van der Waals surface area contributed by atoms with Crippen LogP contribution in [0.1, 0.15) is 34.6 Å². The predicted molar refractivity (Wildman–Crippen MR) is 132 cm³/mol. The molecular formula is C26H27F2N5O3. The highest BCUT2D eigenvalue weighted by atomic mass is 19.3. The first-order chi connectivity index (χ1) is 17.4. The molecule has 0 radical (unpaired) electrons. The van der Waals surface area contributed by atoms with Gasteiger partial charge < -0.3 is 24.6 Å². The van der Waals surface area contributed by atoms with Crippen molar-refractivity contribution in [2.75, 3.05) is 44.6 Å². The average molecular weight is 496 g/mol. The van der Waals surface area contributed by atoms with Crippen LogP contribution in [-0.4, -0.2) is 55.2 Å². The number of anilines is 4. The monoisotopic (exact) mass is 495 g/mol. The van der Waals surface area contributed by atoms with E-state index in [0.717, 1.165) is 31.3 Å². The molecule has 1 unspecified atom stereocenters.